The summed E-state index contributed by atoms with van der Waals surface area (Å²) in [6.07, 6.45) is 1.98. The van der Waals surface area contributed by atoms with Gasteiger partial charge in [0, 0.05) is 25.0 Å². The number of nitrogens with one attached hydrogen (secondary N) is 1. The molecule has 1 unspecified atom stereocenters. The summed E-state index contributed by atoms with van der Waals surface area (Å²) in [5, 5.41) is 3.27. The molecular formula is C24H39N3O3. The Hall–Kier alpha value is -1.79. The van der Waals surface area contributed by atoms with Crippen molar-refractivity contribution in [3.63, 3.8) is 0 Å². The van der Waals surface area contributed by atoms with Gasteiger partial charge in [-0.1, -0.05) is 19.9 Å². The SMILES string of the molecule is CC(C)C(NC(=O)CN1CCCN(C(C)(C)C)CC1)c1ccc2c(c1)OCCCO2. The van der Waals surface area contributed by atoms with Gasteiger partial charge in [0.2, 0.25) is 5.91 Å². The zero-order valence-electron chi connectivity index (χ0n) is 19.4. The average Bonchev–Trinajstić information content (AvgIpc) is 3.05. The van der Waals surface area contributed by atoms with Crippen LogP contribution in [0.15, 0.2) is 18.2 Å². The minimum Gasteiger partial charge on any atom is -0.490 e. The highest BCUT2D eigenvalue weighted by Crippen LogP contribution is 2.34. The lowest BCUT2D eigenvalue weighted by Gasteiger charge is -2.34. The molecule has 0 aromatic heterocycles. The molecule has 0 spiro atoms. The van der Waals surface area contributed by atoms with Gasteiger partial charge in [0.15, 0.2) is 11.5 Å². The molecule has 0 aliphatic carbocycles. The predicted octanol–water partition coefficient (Wildman–Crippen LogP) is 3.47. The molecule has 1 N–H and O–H groups in total. The van der Waals surface area contributed by atoms with E-state index in [0.29, 0.717) is 19.8 Å². The monoisotopic (exact) mass is 417 g/mol. The fraction of sp³-hybridized carbons (Fsp3) is 0.708. The second kappa shape index (κ2) is 10.0. The van der Waals surface area contributed by atoms with Gasteiger partial charge in [0.05, 0.1) is 25.8 Å². The van der Waals surface area contributed by atoms with Crippen molar-refractivity contribution in [2.45, 2.75) is 59.0 Å². The summed E-state index contributed by atoms with van der Waals surface area (Å²) in [6.45, 7) is 16.9. The topological polar surface area (TPSA) is 54.0 Å². The summed E-state index contributed by atoms with van der Waals surface area (Å²) in [4.78, 5) is 17.7. The van der Waals surface area contributed by atoms with E-state index in [1.54, 1.807) is 0 Å². The standard InChI is InChI=1S/C24H39N3O3/c1-18(2)23(19-8-9-20-21(16-19)30-15-7-14-29-20)25-22(28)17-26-10-6-11-27(13-12-26)24(3,4)5/h8-9,16,18,23H,6-7,10-15,17H2,1-5H3,(H,25,28). The summed E-state index contributed by atoms with van der Waals surface area (Å²) in [5.41, 5.74) is 1.25. The molecule has 30 heavy (non-hydrogen) atoms. The molecule has 0 bridgehead atoms. The molecule has 6 heteroatoms. The van der Waals surface area contributed by atoms with Crippen molar-refractivity contribution in [1.82, 2.24) is 15.1 Å². The van der Waals surface area contributed by atoms with Gasteiger partial charge in [-0.2, -0.15) is 0 Å². The molecule has 0 radical (unpaired) electrons. The minimum atomic E-state index is -0.0484. The van der Waals surface area contributed by atoms with Crippen LogP contribution in [-0.4, -0.2) is 67.2 Å². The number of amides is 1. The fourth-order valence-corrected chi connectivity index (χ4v) is 4.23. The van der Waals surface area contributed by atoms with E-state index in [1.807, 2.05) is 18.2 Å². The maximum atomic E-state index is 12.9. The number of fused-ring (bicyclic) bond motifs is 1. The smallest absolute Gasteiger partial charge is 0.234 e. The van der Waals surface area contributed by atoms with E-state index >= 15 is 0 Å². The normalized spacial score (nSPS) is 19.8. The Kier molecular flexibility index (Phi) is 7.64. The maximum absolute atomic E-state index is 12.9. The van der Waals surface area contributed by atoms with Crippen molar-refractivity contribution in [2.24, 2.45) is 5.92 Å². The van der Waals surface area contributed by atoms with Gasteiger partial charge in [-0.05, 0) is 63.9 Å². The lowest BCUT2D eigenvalue weighted by atomic mass is 9.95. The van der Waals surface area contributed by atoms with E-state index in [-0.39, 0.29) is 23.4 Å². The Balaban J connectivity index is 1.61. The van der Waals surface area contributed by atoms with E-state index in [4.69, 9.17) is 9.47 Å². The number of carbonyl (C=O) groups is 1. The molecule has 1 fully saturated rings. The van der Waals surface area contributed by atoms with Crippen LogP contribution in [0.4, 0.5) is 0 Å². The molecule has 2 aliphatic rings. The van der Waals surface area contributed by atoms with Gasteiger partial charge in [-0.25, -0.2) is 0 Å². The third kappa shape index (κ3) is 6.11. The Morgan fingerprint density at radius 3 is 2.47 bits per heavy atom. The zero-order chi connectivity index (χ0) is 21.7. The summed E-state index contributed by atoms with van der Waals surface area (Å²) >= 11 is 0. The second-order valence-corrected chi connectivity index (χ2v) is 9.83. The number of hydrogen-bond donors (Lipinski definition) is 1. The summed E-state index contributed by atoms with van der Waals surface area (Å²) in [7, 11) is 0. The van der Waals surface area contributed by atoms with Crippen molar-refractivity contribution >= 4 is 5.91 Å². The fourth-order valence-electron chi connectivity index (χ4n) is 4.23. The predicted molar refractivity (Wildman–Crippen MR) is 120 cm³/mol. The summed E-state index contributed by atoms with van der Waals surface area (Å²) in [5.74, 6) is 1.93. The van der Waals surface area contributed by atoms with Gasteiger partial charge >= 0.3 is 0 Å². The van der Waals surface area contributed by atoms with Crippen LogP contribution in [-0.2, 0) is 4.79 Å². The highest BCUT2D eigenvalue weighted by Gasteiger charge is 2.26. The van der Waals surface area contributed by atoms with Crippen LogP contribution >= 0.6 is 0 Å². The van der Waals surface area contributed by atoms with Gasteiger partial charge < -0.3 is 14.8 Å². The van der Waals surface area contributed by atoms with Gasteiger partial charge in [-0.3, -0.25) is 14.6 Å². The Morgan fingerprint density at radius 2 is 1.77 bits per heavy atom. The van der Waals surface area contributed by atoms with Gasteiger partial charge in [-0.15, -0.1) is 0 Å². The van der Waals surface area contributed by atoms with Crippen LogP contribution in [0.25, 0.3) is 0 Å². The van der Waals surface area contributed by atoms with Crippen molar-refractivity contribution in [3.05, 3.63) is 23.8 Å². The van der Waals surface area contributed by atoms with E-state index in [1.165, 1.54) is 0 Å². The van der Waals surface area contributed by atoms with Crippen molar-refractivity contribution in [2.75, 3.05) is 45.9 Å². The van der Waals surface area contributed by atoms with E-state index in [2.05, 4.69) is 49.7 Å². The van der Waals surface area contributed by atoms with Crippen LogP contribution < -0.4 is 14.8 Å². The molecule has 2 aliphatic heterocycles. The molecule has 1 amide bonds. The van der Waals surface area contributed by atoms with E-state index in [0.717, 1.165) is 56.1 Å². The lowest BCUT2D eigenvalue weighted by Crippen LogP contribution is -2.44. The highest BCUT2D eigenvalue weighted by atomic mass is 16.5. The van der Waals surface area contributed by atoms with Gasteiger partial charge in [0.1, 0.15) is 0 Å². The first-order valence-electron chi connectivity index (χ1n) is 11.4. The molecule has 6 nitrogen and oxygen atoms in total. The highest BCUT2D eigenvalue weighted by molar-refractivity contribution is 5.78. The van der Waals surface area contributed by atoms with Crippen LogP contribution in [0.2, 0.25) is 0 Å². The molecule has 3 rings (SSSR count). The number of ether oxygens (including phenoxy) is 2. The molecule has 1 atom stereocenters. The van der Waals surface area contributed by atoms with Crippen LogP contribution in [0.5, 0.6) is 11.5 Å². The zero-order valence-corrected chi connectivity index (χ0v) is 19.4. The van der Waals surface area contributed by atoms with E-state index in [9.17, 15) is 4.79 Å². The lowest BCUT2D eigenvalue weighted by molar-refractivity contribution is -0.123. The molecule has 2 heterocycles. The third-order valence-electron chi connectivity index (χ3n) is 6.02. The van der Waals surface area contributed by atoms with Crippen molar-refractivity contribution in [3.8, 4) is 11.5 Å². The molecule has 1 aromatic rings. The Labute approximate surface area is 181 Å². The van der Waals surface area contributed by atoms with Crippen LogP contribution in [0.3, 0.4) is 0 Å². The van der Waals surface area contributed by atoms with Crippen LogP contribution in [0.1, 0.15) is 59.1 Å². The van der Waals surface area contributed by atoms with E-state index < -0.39 is 0 Å². The van der Waals surface area contributed by atoms with Crippen LogP contribution in [0, 0.1) is 5.92 Å². The second-order valence-electron chi connectivity index (χ2n) is 9.83. The third-order valence-corrected chi connectivity index (χ3v) is 6.02. The summed E-state index contributed by atoms with van der Waals surface area (Å²) < 4.78 is 11.6. The molecule has 0 saturated carbocycles. The Bertz CT molecular complexity index is 714. The maximum Gasteiger partial charge on any atom is 0.234 e. The first kappa shape index (κ1) is 22.9. The molecular weight excluding hydrogens is 378 g/mol. The largest absolute Gasteiger partial charge is 0.490 e. The van der Waals surface area contributed by atoms with Gasteiger partial charge in [0.25, 0.3) is 0 Å². The molecule has 1 aromatic carbocycles. The summed E-state index contributed by atoms with van der Waals surface area (Å²) in [6, 6.07) is 5.99. The molecule has 168 valence electrons. The first-order valence-corrected chi connectivity index (χ1v) is 11.4. The quantitative estimate of drug-likeness (QED) is 0.795. The average molecular weight is 418 g/mol. The number of rotatable bonds is 5. The minimum absolute atomic E-state index is 0.0484. The Morgan fingerprint density at radius 1 is 1.03 bits per heavy atom. The number of benzene rings is 1. The molecule has 1 saturated heterocycles. The van der Waals surface area contributed by atoms with Crippen molar-refractivity contribution < 1.29 is 14.3 Å². The number of hydrogen-bond acceptors (Lipinski definition) is 5. The first-order chi connectivity index (χ1) is 14.2. The number of nitrogens with zero attached hydrogens (tertiary/aromatic N) is 2. The van der Waals surface area contributed by atoms with Crippen molar-refractivity contribution in [1.29, 1.82) is 0 Å². The number of carbonyl (C=O) groups excluding carboxylic acids is 1.